The van der Waals surface area contributed by atoms with Crippen molar-refractivity contribution in [2.75, 3.05) is 13.1 Å². The van der Waals surface area contributed by atoms with E-state index in [1.807, 2.05) is 31.9 Å². The Morgan fingerprint density at radius 3 is 2.58 bits per heavy atom. The number of amides is 1. The third-order valence-electron chi connectivity index (χ3n) is 4.67. The first-order chi connectivity index (χ1) is 10.8. The monoisotopic (exact) mass is 356 g/mol. The van der Waals surface area contributed by atoms with Crippen LogP contribution in [0.15, 0.2) is 6.20 Å². The predicted octanol–water partition coefficient (Wildman–Crippen LogP) is 2.69. The Balaban J connectivity index is 0.00000208. The Bertz CT molecular complexity index is 574. The average molecular weight is 357 g/mol. The molecule has 0 radical (unpaired) electrons. The lowest BCUT2D eigenvalue weighted by molar-refractivity contribution is 0.0202. The fourth-order valence-corrected chi connectivity index (χ4v) is 3.47. The Morgan fingerprint density at radius 2 is 1.96 bits per heavy atom. The molecule has 7 heteroatoms. The summed E-state index contributed by atoms with van der Waals surface area (Å²) in [6, 6.07) is 0.234. The number of ether oxygens (including phenoxy) is 1. The zero-order valence-electron chi connectivity index (χ0n) is 14.8. The molecule has 0 bridgehead atoms. The van der Waals surface area contributed by atoms with E-state index in [1.54, 1.807) is 0 Å². The second kappa shape index (κ2) is 7.31. The van der Waals surface area contributed by atoms with Crippen molar-refractivity contribution >= 4 is 18.5 Å². The fraction of sp³-hybridized carbons (Fsp3) is 0.765. The summed E-state index contributed by atoms with van der Waals surface area (Å²) in [5.74, 6) is 1.56. The number of hydrogen-bond acceptors (Lipinski definition) is 4. The van der Waals surface area contributed by atoms with Gasteiger partial charge in [-0.15, -0.1) is 12.4 Å². The van der Waals surface area contributed by atoms with Gasteiger partial charge in [-0.3, -0.25) is 0 Å². The minimum Gasteiger partial charge on any atom is -0.444 e. The number of aryl methyl sites for hydroxylation is 1. The van der Waals surface area contributed by atoms with Crippen LogP contribution in [0.4, 0.5) is 4.79 Å². The third-order valence-corrected chi connectivity index (χ3v) is 4.67. The average Bonchev–Trinajstić information content (AvgIpc) is 2.88. The van der Waals surface area contributed by atoms with Crippen molar-refractivity contribution in [1.82, 2.24) is 14.5 Å². The van der Waals surface area contributed by atoms with Crippen molar-refractivity contribution in [3.63, 3.8) is 0 Å². The van der Waals surface area contributed by atoms with Gasteiger partial charge in [0.1, 0.15) is 11.4 Å². The molecule has 1 amide bonds. The number of hydrogen-bond donors (Lipinski definition) is 1. The molecule has 2 N–H and O–H groups in total. The van der Waals surface area contributed by atoms with Gasteiger partial charge >= 0.3 is 6.09 Å². The number of aromatic nitrogens is 2. The zero-order chi connectivity index (χ0) is 16.6. The Morgan fingerprint density at radius 1 is 1.29 bits per heavy atom. The summed E-state index contributed by atoms with van der Waals surface area (Å²) in [7, 11) is 0. The lowest BCUT2D eigenvalue weighted by Gasteiger charge is -2.34. The van der Waals surface area contributed by atoms with Crippen LogP contribution in [0.5, 0.6) is 0 Å². The highest BCUT2D eigenvalue weighted by atomic mass is 35.5. The zero-order valence-corrected chi connectivity index (χ0v) is 15.6. The van der Waals surface area contributed by atoms with Crippen LogP contribution in [0.1, 0.15) is 57.5 Å². The Labute approximate surface area is 150 Å². The molecule has 1 atom stereocenters. The van der Waals surface area contributed by atoms with Gasteiger partial charge in [-0.25, -0.2) is 9.78 Å². The van der Waals surface area contributed by atoms with Crippen molar-refractivity contribution in [2.24, 2.45) is 5.73 Å². The molecule has 24 heavy (non-hydrogen) atoms. The second-order valence-electron chi connectivity index (χ2n) is 7.76. The first-order valence-electron chi connectivity index (χ1n) is 8.61. The number of carbonyl (C=O) groups is 1. The first kappa shape index (κ1) is 19.1. The summed E-state index contributed by atoms with van der Waals surface area (Å²) in [4.78, 5) is 18.6. The molecule has 1 saturated heterocycles. The summed E-state index contributed by atoms with van der Waals surface area (Å²) >= 11 is 0. The lowest BCUT2D eigenvalue weighted by Crippen LogP contribution is -2.42. The summed E-state index contributed by atoms with van der Waals surface area (Å²) < 4.78 is 7.76. The number of fused-ring (bicyclic) bond motifs is 1. The van der Waals surface area contributed by atoms with Gasteiger partial charge in [0, 0.05) is 43.5 Å². The van der Waals surface area contributed by atoms with E-state index < -0.39 is 5.60 Å². The number of nitrogens with zero attached hydrogens (tertiary/aromatic N) is 3. The number of nitrogens with two attached hydrogens (primary N) is 1. The number of imidazole rings is 1. The number of rotatable bonds is 1. The maximum atomic E-state index is 12.1. The van der Waals surface area contributed by atoms with E-state index in [0.717, 1.165) is 51.1 Å². The molecule has 0 spiro atoms. The van der Waals surface area contributed by atoms with Crippen molar-refractivity contribution in [1.29, 1.82) is 0 Å². The molecule has 2 aliphatic heterocycles. The molecule has 1 fully saturated rings. The van der Waals surface area contributed by atoms with Crippen molar-refractivity contribution in [3.05, 3.63) is 17.7 Å². The number of piperidine rings is 1. The van der Waals surface area contributed by atoms with Crippen LogP contribution in [0, 0.1) is 0 Å². The summed E-state index contributed by atoms with van der Waals surface area (Å²) in [6.45, 7) is 8.03. The molecular weight excluding hydrogens is 328 g/mol. The number of carbonyl (C=O) groups excluding carboxylic acids is 1. The minimum absolute atomic E-state index is 0. The van der Waals surface area contributed by atoms with Crippen molar-refractivity contribution < 1.29 is 9.53 Å². The van der Waals surface area contributed by atoms with Crippen LogP contribution >= 0.6 is 12.4 Å². The highest BCUT2D eigenvalue weighted by Crippen LogP contribution is 2.30. The molecule has 1 aromatic rings. The summed E-state index contributed by atoms with van der Waals surface area (Å²) in [6.07, 6.45) is 5.73. The van der Waals surface area contributed by atoms with Crippen LogP contribution in [-0.2, 0) is 17.7 Å². The van der Waals surface area contributed by atoms with Crippen molar-refractivity contribution in [3.8, 4) is 0 Å². The third kappa shape index (κ3) is 4.22. The highest BCUT2D eigenvalue weighted by molar-refractivity contribution is 5.85. The molecule has 0 aromatic carbocycles. The van der Waals surface area contributed by atoms with Crippen LogP contribution in [0.25, 0.3) is 0 Å². The largest absolute Gasteiger partial charge is 0.444 e. The smallest absolute Gasteiger partial charge is 0.410 e. The lowest BCUT2D eigenvalue weighted by atomic mass is 9.95. The standard InChI is InChI=1S/C17H28N4O2.ClH/c1-17(2,3)23-16(22)20-8-6-12(7-9-20)15-19-10-14-5-4-13(18)11-21(14)15;/h10,12-13H,4-9,11,18H2,1-3H3;1H. The highest BCUT2D eigenvalue weighted by Gasteiger charge is 2.30. The molecule has 136 valence electrons. The molecule has 0 saturated carbocycles. The van der Waals surface area contributed by atoms with E-state index in [2.05, 4.69) is 9.55 Å². The quantitative estimate of drug-likeness (QED) is 0.839. The molecular formula is C17H29ClN4O2. The SMILES string of the molecule is CC(C)(C)OC(=O)N1CCC(c2ncc3n2CC(N)CC3)CC1.Cl. The van der Waals surface area contributed by atoms with Crippen LogP contribution in [0.2, 0.25) is 0 Å². The minimum atomic E-state index is -0.438. The number of likely N-dealkylation sites (tertiary alicyclic amines) is 1. The van der Waals surface area contributed by atoms with Crippen LogP contribution < -0.4 is 5.73 Å². The van der Waals surface area contributed by atoms with Crippen molar-refractivity contribution in [2.45, 2.75) is 70.6 Å². The van der Waals surface area contributed by atoms with Gasteiger partial charge in [0.05, 0.1) is 0 Å². The van der Waals surface area contributed by atoms with E-state index in [0.29, 0.717) is 5.92 Å². The summed E-state index contributed by atoms with van der Waals surface area (Å²) in [5, 5.41) is 0. The second-order valence-corrected chi connectivity index (χ2v) is 7.76. The maximum absolute atomic E-state index is 12.1. The normalized spacial score (nSPS) is 21.8. The number of halogens is 1. The molecule has 3 heterocycles. The van der Waals surface area contributed by atoms with E-state index >= 15 is 0 Å². The topological polar surface area (TPSA) is 73.4 Å². The van der Waals surface area contributed by atoms with Gasteiger partial charge in [0.15, 0.2) is 0 Å². The Kier molecular flexibility index (Phi) is 5.81. The molecule has 1 aromatic heterocycles. The van der Waals surface area contributed by atoms with Gasteiger partial charge in [-0.2, -0.15) is 0 Å². The summed E-state index contributed by atoms with van der Waals surface area (Å²) in [5.41, 5.74) is 6.97. The molecule has 2 aliphatic rings. The van der Waals surface area contributed by atoms with E-state index in [9.17, 15) is 4.79 Å². The van der Waals surface area contributed by atoms with Gasteiger partial charge in [-0.05, 0) is 46.5 Å². The van der Waals surface area contributed by atoms with E-state index in [1.165, 1.54) is 5.69 Å². The molecule has 1 unspecified atom stereocenters. The van der Waals surface area contributed by atoms with E-state index in [4.69, 9.17) is 10.5 Å². The van der Waals surface area contributed by atoms with Gasteiger partial charge < -0.3 is 19.9 Å². The van der Waals surface area contributed by atoms with Gasteiger partial charge in [0.25, 0.3) is 0 Å². The first-order valence-corrected chi connectivity index (χ1v) is 8.61. The van der Waals surface area contributed by atoms with Crippen LogP contribution in [-0.4, -0.2) is 45.3 Å². The predicted molar refractivity (Wildman–Crippen MR) is 95.6 cm³/mol. The fourth-order valence-electron chi connectivity index (χ4n) is 3.47. The molecule has 0 aliphatic carbocycles. The van der Waals surface area contributed by atoms with Crippen LogP contribution in [0.3, 0.4) is 0 Å². The molecule has 6 nitrogen and oxygen atoms in total. The molecule has 3 rings (SSSR count). The van der Waals surface area contributed by atoms with Gasteiger partial charge in [-0.1, -0.05) is 0 Å². The van der Waals surface area contributed by atoms with Gasteiger partial charge in [0.2, 0.25) is 0 Å². The maximum Gasteiger partial charge on any atom is 0.410 e. The van der Waals surface area contributed by atoms with E-state index in [-0.39, 0.29) is 24.5 Å². The Hall–Kier alpha value is -1.27.